The lowest BCUT2D eigenvalue weighted by atomic mass is 9.83. The quantitative estimate of drug-likeness (QED) is 0.942. The smallest absolute Gasteiger partial charge is 0.264 e. The van der Waals surface area contributed by atoms with E-state index < -0.39 is 21.3 Å². The fourth-order valence-corrected chi connectivity index (χ4v) is 4.51. The Balaban J connectivity index is 1.93. The van der Waals surface area contributed by atoms with Gasteiger partial charge in [-0.25, -0.2) is 13.1 Å². The average Bonchev–Trinajstić information content (AvgIpc) is 2.86. The summed E-state index contributed by atoms with van der Waals surface area (Å²) in [5, 5.41) is 0. The number of amides is 1. The lowest BCUT2D eigenvalue weighted by molar-refractivity contribution is -0.124. The van der Waals surface area contributed by atoms with E-state index in [0.717, 1.165) is 17.5 Å². The van der Waals surface area contributed by atoms with Crippen molar-refractivity contribution in [2.24, 2.45) is 0 Å². The molecule has 0 heterocycles. The molecule has 2 aromatic rings. The van der Waals surface area contributed by atoms with Crippen LogP contribution in [0.2, 0.25) is 0 Å². The Morgan fingerprint density at radius 1 is 1.09 bits per heavy atom. The van der Waals surface area contributed by atoms with Gasteiger partial charge in [-0.1, -0.05) is 42.5 Å². The lowest BCUT2D eigenvalue weighted by Crippen LogP contribution is -2.43. The summed E-state index contributed by atoms with van der Waals surface area (Å²) in [6.07, 6.45) is 1.39. The van der Waals surface area contributed by atoms with Crippen LogP contribution in [0.15, 0.2) is 53.4 Å². The van der Waals surface area contributed by atoms with Crippen LogP contribution in [0.1, 0.15) is 30.0 Å². The van der Waals surface area contributed by atoms with Crippen molar-refractivity contribution in [3.63, 3.8) is 0 Å². The molecule has 1 unspecified atom stereocenters. The maximum atomic E-state index is 12.7. The monoisotopic (exact) mass is 329 g/mol. The highest BCUT2D eigenvalue weighted by atomic mass is 32.2. The molecular weight excluding hydrogens is 310 g/mol. The van der Waals surface area contributed by atoms with Crippen LogP contribution in [0.25, 0.3) is 0 Å². The first-order valence-electron chi connectivity index (χ1n) is 7.56. The number of carbonyl (C=O) groups is 1. The van der Waals surface area contributed by atoms with Crippen LogP contribution < -0.4 is 4.72 Å². The fourth-order valence-electron chi connectivity index (χ4n) is 3.18. The predicted molar refractivity (Wildman–Crippen MR) is 88.6 cm³/mol. The molecule has 0 fully saturated rings. The van der Waals surface area contributed by atoms with E-state index in [1.807, 2.05) is 31.2 Å². The molecule has 1 atom stereocenters. The number of nitrogens with one attached hydrogen (secondary N) is 1. The van der Waals surface area contributed by atoms with Gasteiger partial charge >= 0.3 is 0 Å². The molecule has 0 saturated heterocycles. The van der Waals surface area contributed by atoms with Crippen LogP contribution in [0, 0.1) is 6.92 Å². The minimum absolute atomic E-state index is 0.142. The molecule has 2 aromatic carbocycles. The van der Waals surface area contributed by atoms with Crippen molar-refractivity contribution in [3.05, 3.63) is 65.2 Å². The third-order valence-electron chi connectivity index (χ3n) is 4.62. The van der Waals surface area contributed by atoms with Gasteiger partial charge in [0.15, 0.2) is 0 Å². The number of hydrogen-bond acceptors (Lipinski definition) is 3. The van der Waals surface area contributed by atoms with E-state index in [-0.39, 0.29) is 4.90 Å². The van der Waals surface area contributed by atoms with Crippen LogP contribution >= 0.6 is 0 Å². The summed E-state index contributed by atoms with van der Waals surface area (Å²) in [6, 6.07) is 14.4. The first-order chi connectivity index (χ1) is 10.8. The Morgan fingerprint density at radius 3 is 2.48 bits per heavy atom. The molecule has 1 aliphatic carbocycles. The summed E-state index contributed by atoms with van der Waals surface area (Å²) < 4.78 is 27.4. The summed E-state index contributed by atoms with van der Waals surface area (Å²) in [5.41, 5.74) is 1.83. The van der Waals surface area contributed by atoms with Crippen LogP contribution in [0.3, 0.4) is 0 Å². The van der Waals surface area contributed by atoms with Crippen molar-refractivity contribution < 1.29 is 13.2 Å². The predicted octanol–water partition coefficient (Wildman–Crippen LogP) is 2.70. The Labute approximate surface area is 136 Å². The molecule has 0 saturated carbocycles. The van der Waals surface area contributed by atoms with E-state index in [9.17, 15) is 13.2 Å². The molecule has 0 aromatic heterocycles. The Morgan fingerprint density at radius 2 is 1.74 bits per heavy atom. The second kappa shape index (κ2) is 5.49. The van der Waals surface area contributed by atoms with Gasteiger partial charge in [-0.05, 0) is 49.4 Å². The third-order valence-corrected chi connectivity index (χ3v) is 6.11. The van der Waals surface area contributed by atoms with Gasteiger partial charge in [0.1, 0.15) is 0 Å². The van der Waals surface area contributed by atoms with Crippen molar-refractivity contribution >= 4 is 15.9 Å². The topological polar surface area (TPSA) is 63.2 Å². The fraction of sp³-hybridized carbons (Fsp3) is 0.278. The van der Waals surface area contributed by atoms with E-state index in [4.69, 9.17) is 0 Å². The number of rotatable bonds is 3. The molecule has 1 N–H and O–H groups in total. The van der Waals surface area contributed by atoms with Gasteiger partial charge in [0.25, 0.3) is 10.0 Å². The minimum atomic E-state index is -3.87. The first kappa shape index (κ1) is 15.7. The maximum absolute atomic E-state index is 12.7. The van der Waals surface area contributed by atoms with Crippen molar-refractivity contribution in [1.82, 2.24) is 4.72 Å². The highest BCUT2D eigenvalue weighted by molar-refractivity contribution is 7.90. The van der Waals surface area contributed by atoms with Gasteiger partial charge in [0, 0.05) is 0 Å². The van der Waals surface area contributed by atoms with Gasteiger partial charge in [-0.2, -0.15) is 0 Å². The number of benzene rings is 2. The second-order valence-electron chi connectivity index (χ2n) is 6.19. The molecule has 0 aliphatic heterocycles. The number of sulfonamides is 1. The molecule has 1 amide bonds. The van der Waals surface area contributed by atoms with Gasteiger partial charge in [-0.3, -0.25) is 4.79 Å². The molecule has 0 spiro atoms. The summed E-state index contributed by atoms with van der Waals surface area (Å²) in [4.78, 5) is 12.9. The average molecular weight is 329 g/mol. The molecule has 5 heteroatoms. The highest BCUT2D eigenvalue weighted by Crippen LogP contribution is 2.39. The number of carbonyl (C=O) groups excluding carboxylic acids is 1. The van der Waals surface area contributed by atoms with Crippen LogP contribution in [0.4, 0.5) is 0 Å². The summed E-state index contributed by atoms with van der Waals surface area (Å²) in [6.45, 7) is 3.52. The number of fused-ring (bicyclic) bond motifs is 1. The second-order valence-corrected chi connectivity index (χ2v) is 7.84. The summed E-state index contributed by atoms with van der Waals surface area (Å²) >= 11 is 0. The Hall–Kier alpha value is -2.14. The van der Waals surface area contributed by atoms with Crippen molar-refractivity contribution in [1.29, 1.82) is 0 Å². The molecule has 4 nitrogen and oxygen atoms in total. The molecule has 0 radical (unpaired) electrons. The van der Waals surface area contributed by atoms with Crippen molar-refractivity contribution in [2.45, 2.75) is 37.0 Å². The summed E-state index contributed by atoms with van der Waals surface area (Å²) in [7, 11) is -3.87. The van der Waals surface area contributed by atoms with Gasteiger partial charge in [-0.15, -0.1) is 0 Å². The minimum Gasteiger partial charge on any atom is -0.273 e. The molecule has 0 bridgehead atoms. The van der Waals surface area contributed by atoms with E-state index in [0.29, 0.717) is 12.0 Å². The van der Waals surface area contributed by atoms with E-state index in [2.05, 4.69) is 4.72 Å². The van der Waals surface area contributed by atoms with Crippen LogP contribution in [0.5, 0.6) is 0 Å². The molecule has 1 aliphatic rings. The lowest BCUT2D eigenvalue weighted by Gasteiger charge is -2.24. The third kappa shape index (κ3) is 2.65. The highest BCUT2D eigenvalue weighted by Gasteiger charge is 2.42. The standard InChI is InChI=1S/C18H19NO3S/c1-13-7-3-6-10-16(13)23(21,22)19-17(20)18(2)12-11-14-8-4-5-9-15(14)18/h3-10H,11-12H2,1-2H3,(H,19,20). The van der Waals surface area contributed by atoms with Gasteiger partial charge in [0.2, 0.25) is 5.91 Å². The largest absolute Gasteiger partial charge is 0.273 e. The van der Waals surface area contributed by atoms with Crippen LogP contribution in [-0.2, 0) is 26.7 Å². The maximum Gasteiger partial charge on any atom is 0.264 e. The molecule has 120 valence electrons. The molecule has 23 heavy (non-hydrogen) atoms. The molecular formula is C18H19NO3S. The zero-order chi connectivity index (χ0) is 16.7. The van der Waals surface area contributed by atoms with E-state index in [1.165, 1.54) is 6.07 Å². The van der Waals surface area contributed by atoms with Crippen molar-refractivity contribution in [3.8, 4) is 0 Å². The van der Waals surface area contributed by atoms with Gasteiger partial charge < -0.3 is 0 Å². The molecule has 3 rings (SSSR count). The van der Waals surface area contributed by atoms with Gasteiger partial charge in [0.05, 0.1) is 10.3 Å². The number of aryl methyl sites for hydroxylation is 2. The number of hydrogen-bond donors (Lipinski definition) is 1. The zero-order valence-corrected chi connectivity index (χ0v) is 14.0. The SMILES string of the molecule is Cc1ccccc1S(=O)(=O)NC(=O)C1(C)CCc2ccccc21. The zero-order valence-electron chi connectivity index (χ0n) is 13.2. The Kier molecular flexibility index (Phi) is 3.76. The van der Waals surface area contributed by atoms with E-state index >= 15 is 0 Å². The normalized spacial score (nSPS) is 20.1. The summed E-state index contributed by atoms with van der Waals surface area (Å²) in [5.74, 6) is -0.467. The van der Waals surface area contributed by atoms with Crippen molar-refractivity contribution in [2.75, 3.05) is 0 Å². The first-order valence-corrected chi connectivity index (χ1v) is 9.04. The van der Waals surface area contributed by atoms with E-state index in [1.54, 1.807) is 25.1 Å². The van der Waals surface area contributed by atoms with Crippen LogP contribution in [-0.4, -0.2) is 14.3 Å². The Bertz CT molecular complexity index is 873.